The van der Waals surface area contributed by atoms with Gasteiger partial charge in [-0.15, -0.1) is 10.1 Å². The van der Waals surface area contributed by atoms with Crippen molar-refractivity contribution in [1.29, 1.82) is 0 Å². The molecule has 0 radical (unpaired) electrons. The minimum absolute atomic E-state index is 0.243. The molecule has 0 amide bonds. The maximum absolute atomic E-state index is 9.88. The topological polar surface area (TPSA) is 52.4 Å². The van der Waals surface area contributed by atoms with Gasteiger partial charge in [0.15, 0.2) is 0 Å². The number of rotatable bonds is 13. The summed E-state index contributed by atoms with van der Waals surface area (Å²) in [6, 6.07) is 0. The van der Waals surface area contributed by atoms with E-state index < -0.39 is 5.09 Å². The van der Waals surface area contributed by atoms with Crippen LogP contribution in [0.25, 0.3) is 0 Å². The van der Waals surface area contributed by atoms with Crippen LogP contribution in [0.5, 0.6) is 0 Å². The summed E-state index contributed by atoms with van der Waals surface area (Å²) in [6.45, 7) is 2.46. The van der Waals surface area contributed by atoms with E-state index in [2.05, 4.69) is 23.9 Å². The van der Waals surface area contributed by atoms with Gasteiger partial charge in [0.1, 0.15) is 0 Å². The highest BCUT2D eigenvalue weighted by molar-refractivity contribution is 4.80. The quantitative estimate of drug-likeness (QED) is 0.208. The van der Waals surface area contributed by atoms with Crippen molar-refractivity contribution in [3.05, 3.63) is 22.3 Å². The van der Waals surface area contributed by atoms with Crippen molar-refractivity contribution in [2.24, 2.45) is 0 Å². The van der Waals surface area contributed by atoms with Crippen LogP contribution in [0, 0.1) is 10.1 Å². The fraction of sp³-hybridized carbons (Fsp3) is 0.857. The lowest BCUT2D eigenvalue weighted by Crippen LogP contribution is -2.01. The molecule has 0 aliphatic carbocycles. The Balaban J connectivity index is 3.03. The van der Waals surface area contributed by atoms with Crippen molar-refractivity contribution in [2.75, 3.05) is 6.61 Å². The van der Waals surface area contributed by atoms with Crippen molar-refractivity contribution in [3.8, 4) is 0 Å². The van der Waals surface area contributed by atoms with Gasteiger partial charge in [0, 0.05) is 0 Å². The van der Waals surface area contributed by atoms with Gasteiger partial charge in [0.25, 0.3) is 5.09 Å². The fourth-order valence-corrected chi connectivity index (χ4v) is 1.77. The van der Waals surface area contributed by atoms with E-state index in [1.165, 1.54) is 44.9 Å². The molecule has 106 valence electrons. The molecule has 0 rings (SSSR count). The third kappa shape index (κ3) is 14.9. The Morgan fingerprint density at radius 3 is 2.11 bits per heavy atom. The first kappa shape index (κ1) is 16.9. The van der Waals surface area contributed by atoms with Crippen LogP contribution in [0.15, 0.2) is 12.2 Å². The highest BCUT2D eigenvalue weighted by atomic mass is 16.9. The molecule has 0 spiro atoms. The van der Waals surface area contributed by atoms with Crippen molar-refractivity contribution in [2.45, 2.75) is 71.1 Å². The SMILES string of the molecule is CCCC/C=C/CCCCCCCCO[N+](=O)[O-]. The standard InChI is InChI=1S/C14H27NO3/c1-2-3-4-5-6-7-8-9-10-11-12-13-14-18-15(16)17/h5-6H,2-4,7-14H2,1H3/b6-5+. The number of nitrogens with zero attached hydrogens (tertiary/aromatic N) is 1. The Hall–Kier alpha value is -1.06. The lowest BCUT2D eigenvalue weighted by atomic mass is 10.1. The zero-order valence-electron chi connectivity index (χ0n) is 11.6. The average molecular weight is 257 g/mol. The Bertz CT molecular complexity index is 217. The molecule has 0 aromatic heterocycles. The molecule has 0 fully saturated rings. The highest BCUT2D eigenvalue weighted by Crippen LogP contribution is 2.08. The Labute approximate surface area is 111 Å². The predicted molar refractivity (Wildman–Crippen MR) is 73.9 cm³/mol. The second-order valence-corrected chi connectivity index (χ2v) is 4.58. The molecule has 0 saturated carbocycles. The van der Waals surface area contributed by atoms with E-state index in [1.54, 1.807) is 0 Å². The van der Waals surface area contributed by atoms with Crippen LogP contribution in [0.1, 0.15) is 71.1 Å². The fourth-order valence-electron chi connectivity index (χ4n) is 1.77. The lowest BCUT2D eigenvalue weighted by Gasteiger charge is -2.00. The predicted octanol–water partition coefficient (Wildman–Crippen LogP) is 4.67. The van der Waals surface area contributed by atoms with Crippen LogP contribution in [-0.4, -0.2) is 11.7 Å². The van der Waals surface area contributed by atoms with Gasteiger partial charge in [-0.1, -0.05) is 57.6 Å². The van der Waals surface area contributed by atoms with E-state index in [4.69, 9.17) is 0 Å². The zero-order chi connectivity index (χ0) is 13.5. The van der Waals surface area contributed by atoms with E-state index in [9.17, 15) is 10.1 Å². The van der Waals surface area contributed by atoms with Crippen LogP contribution in [-0.2, 0) is 4.84 Å². The van der Waals surface area contributed by atoms with Crippen LogP contribution < -0.4 is 0 Å². The van der Waals surface area contributed by atoms with Gasteiger partial charge in [0.2, 0.25) is 0 Å². The largest absolute Gasteiger partial charge is 0.314 e. The minimum atomic E-state index is -0.717. The zero-order valence-corrected chi connectivity index (χ0v) is 11.6. The second-order valence-electron chi connectivity index (χ2n) is 4.58. The molecule has 0 N–H and O–H groups in total. The molecule has 0 unspecified atom stereocenters. The van der Waals surface area contributed by atoms with E-state index >= 15 is 0 Å². The van der Waals surface area contributed by atoms with E-state index in [0.717, 1.165) is 19.3 Å². The minimum Gasteiger partial charge on any atom is -0.314 e. The van der Waals surface area contributed by atoms with Crippen LogP contribution >= 0.6 is 0 Å². The first-order valence-corrected chi connectivity index (χ1v) is 7.19. The summed E-state index contributed by atoms with van der Waals surface area (Å²) in [6.07, 6.45) is 16.3. The maximum Gasteiger partial charge on any atom is 0.294 e. The number of allylic oxidation sites excluding steroid dienone is 2. The smallest absolute Gasteiger partial charge is 0.294 e. The molecule has 0 aliphatic rings. The molecule has 4 heteroatoms. The van der Waals surface area contributed by atoms with Crippen LogP contribution in [0.4, 0.5) is 0 Å². The molecule has 0 bridgehead atoms. The molecule has 18 heavy (non-hydrogen) atoms. The molecular formula is C14H27NO3. The molecular weight excluding hydrogens is 230 g/mol. The average Bonchev–Trinajstić information content (AvgIpc) is 2.34. The van der Waals surface area contributed by atoms with Gasteiger partial charge < -0.3 is 4.84 Å². The summed E-state index contributed by atoms with van der Waals surface area (Å²) < 4.78 is 0. The number of unbranched alkanes of at least 4 members (excludes halogenated alkanes) is 8. The first-order chi connectivity index (χ1) is 8.77. The summed E-state index contributed by atoms with van der Waals surface area (Å²) >= 11 is 0. The molecule has 4 nitrogen and oxygen atoms in total. The molecule has 0 aromatic rings. The third-order valence-corrected chi connectivity index (χ3v) is 2.85. The second kappa shape index (κ2) is 14.0. The Morgan fingerprint density at radius 1 is 0.944 bits per heavy atom. The van der Waals surface area contributed by atoms with Crippen molar-refractivity contribution in [1.82, 2.24) is 0 Å². The first-order valence-electron chi connectivity index (χ1n) is 7.19. The van der Waals surface area contributed by atoms with Gasteiger partial charge in [-0.2, -0.15) is 0 Å². The van der Waals surface area contributed by atoms with Gasteiger partial charge in [-0.05, 0) is 25.7 Å². The normalized spacial score (nSPS) is 10.9. The van der Waals surface area contributed by atoms with Gasteiger partial charge in [0.05, 0.1) is 6.61 Å². The number of hydrogen-bond acceptors (Lipinski definition) is 3. The van der Waals surface area contributed by atoms with Crippen LogP contribution in [0.3, 0.4) is 0 Å². The summed E-state index contributed by atoms with van der Waals surface area (Å²) in [5, 5.41) is 9.16. The summed E-state index contributed by atoms with van der Waals surface area (Å²) in [4.78, 5) is 14.1. The van der Waals surface area contributed by atoms with Crippen LogP contribution in [0.2, 0.25) is 0 Å². The van der Waals surface area contributed by atoms with Gasteiger partial charge in [-0.3, -0.25) is 0 Å². The Morgan fingerprint density at radius 2 is 1.50 bits per heavy atom. The van der Waals surface area contributed by atoms with Crippen molar-refractivity contribution < 1.29 is 9.92 Å². The third-order valence-electron chi connectivity index (χ3n) is 2.85. The lowest BCUT2D eigenvalue weighted by molar-refractivity contribution is -0.757. The van der Waals surface area contributed by atoms with E-state index in [1.807, 2.05) is 0 Å². The summed E-state index contributed by atoms with van der Waals surface area (Å²) in [5.41, 5.74) is 0. The molecule has 0 atom stereocenters. The van der Waals surface area contributed by atoms with Crippen molar-refractivity contribution >= 4 is 0 Å². The van der Waals surface area contributed by atoms with E-state index in [0.29, 0.717) is 0 Å². The monoisotopic (exact) mass is 257 g/mol. The molecule has 0 heterocycles. The molecule has 0 aromatic carbocycles. The van der Waals surface area contributed by atoms with Gasteiger partial charge in [-0.25, -0.2) is 0 Å². The Kier molecular flexibility index (Phi) is 13.2. The highest BCUT2D eigenvalue weighted by Gasteiger charge is 1.94. The summed E-state index contributed by atoms with van der Waals surface area (Å²) in [7, 11) is 0. The van der Waals surface area contributed by atoms with Crippen molar-refractivity contribution in [3.63, 3.8) is 0 Å². The van der Waals surface area contributed by atoms with Gasteiger partial charge >= 0.3 is 0 Å². The number of hydrogen-bond donors (Lipinski definition) is 0. The summed E-state index contributed by atoms with van der Waals surface area (Å²) in [5.74, 6) is 0. The molecule has 0 aliphatic heterocycles. The van der Waals surface area contributed by atoms with E-state index in [-0.39, 0.29) is 6.61 Å². The molecule has 0 saturated heterocycles. The maximum atomic E-state index is 9.88.